The van der Waals surface area contributed by atoms with Crippen LogP contribution in [0, 0.1) is 0 Å². The van der Waals surface area contributed by atoms with Gasteiger partial charge in [0.1, 0.15) is 6.10 Å². The Morgan fingerprint density at radius 2 is 1.70 bits per heavy atom. The molecule has 3 atom stereocenters. The molecule has 0 aliphatic heterocycles. The van der Waals surface area contributed by atoms with Crippen LogP contribution >= 0.6 is 0 Å². The molecule has 3 aromatic rings. The van der Waals surface area contributed by atoms with Crippen molar-refractivity contribution < 1.29 is 24.2 Å². The number of alkyl carbamates (subject to hydrolysis) is 1. The molecule has 0 spiro atoms. The average Bonchev–Trinajstić information content (AvgIpc) is 3.30. The van der Waals surface area contributed by atoms with Crippen molar-refractivity contribution in [1.29, 1.82) is 0 Å². The van der Waals surface area contributed by atoms with Gasteiger partial charge in [-0.25, -0.2) is 9.78 Å². The third-order valence-electron chi connectivity index (χ3n) is 4.81. The fourth-order valence-electron chi connectivity index (χ4n) is 3.17. The van der Waals surface area contributed by atoms with Crippen molar-refractivity contribution in [2.45, 2.75) is 44.1 Å². The fourth-order valence-corrected chi connectivity index (χ4v) is 3.17. The summed E-state index contributed by atoms with van der Waals surface area (Å²) in [6.07, 6.45) is 1.17. The Bertz CT molecular complexity index is 871. The number of rotatable bonds is 10. The van der Waals surface area contributed by atoms with Gasteiger partial charge in [0.05, 0.1) is 18.3 Å². The van der Waals surface area contributed by atoms with Gasteiger partial charge < -0.3 is 24.7 Å². The Morgan fingerprint density at radius 3 is 2.33 bits per heavy atom. The minimum Gasteiger partial charge on any atom is -0.445 e. The zero-order chi connectivity index (χ0) is 21.2. The number of hydrogen-bond donors (Lipinski definition) is 3. The van der Waals surface area contributed by atoms with Crippen LogP contribution in [0.4, 0.5) is 4.79 Å². The number of oxazole rings is 1. The van der Waals surface area contributed by atoms with Crippen LogP contribution in [-0.2, 0) is 24.2 Å². The van der Waals surface area contributed by atoms with Crippen LogP contribution in [0.2, 0.25) is 0 Å². The van der Waals surface area contributed by atoms with Gasteiger partial charge in [0.2, 0.25) is 0 Å². The Labute approximate surface area is 175 Å². The van der Waals surface area contributed by atoms with Crippen LogP contribution in [0.15, 0.2) is 77.7 Å². The number of carbonyl (C=O) groups excluding carboxylic acids is 1. The van der Waals surface area contributed by atoms with Crippen molar-refractivity contribution in [2.75, 3.05) is 0 Å². The first-order valence-electron chi connectivity index (χ1n) is 9.86. The molecule has 0 radical (unpaired) electrons. The maximum absolute atomic E-state index is 12.3. The van der Waals surface area contributed by atoms with E-state index in [-0.39, 0.29) is 6.61 Å². The van der Waals surface area contributed by atoms with Gasteiger partial charge in [-0.05, 0) is 30.4 Å². The minimum absolute atomic E-state index is 0.0729. The smallest absolute Gasteiger partial charge is 0.407 e. The topological polar surface area (TPSA) is 105 Å². The molecule has 0 saturated carbocycles. The molecule has 0 aliphatic carbocycles. The van der Waals surface area contributed by atoms with Gasteiger partial charge >= 0.3 is 6.09 Å². The van der Waals surface area contributed by atoms with E-state index in [1.807, 2.05) is 60.7 Å². The number of aryl methyl sites for hydroxylation is 1. The summed E-state index contributed by atoms with van der Waals surface area (Å²) in [4.78, 5) is 16.0. The van der Waals surface area contributed by atoms with Crippen LogP contribution in [0.1, 0.15) is 23.3 Å². The number of aromatic nitrogens is 1. The number of hydrogen-bond acceptors (Lipinski definition) is 6. The number of benzene rings is 2. The van der Waals surface area contributed by atoms with Crippen LogP contribution in [0.25, 0.3) is 0 Å². The van der Waals surface area contributed by atoms with E-state index in [9.17, 15) is 15.0 Å². The highest BCUT2D eigenvalue weighted by molar-refractivity contribution is 5.67. The molecule has 0 fully saturated rings. The number of nitrogens with zero attached hydrogens (tertiary/aromatic N) is 1. The lowest BCUT2D eigenvalue weighted by atomic mass is 9.94. The number of aliphatic hydroxyl groups is 2. The Hall–Kier alpha value is -3.16. The number of ether oxygens (including phenoxy) is 1. The average molecular weight is 410 g/mol. The van der Waals surface area contributed by atoms with Crippen molar-refractivity contribution in [3.63, 3.8) is 0 Å². The first kappa shape index (κ1) is 21.5. The van der Waals surface area contributed by atoms with Gasteiger partial charge in [0.15, 0.2) is 18.8 Å². The first-order valence-corrected chi connectivity index (χ1v) is 9.86. The van der Waals surface area contributed by atoms with E-state index in [1.165, 1.54) is 12.6 Å². The largest absolute Gasteiger partial charge is 0.445 e. The Balaban J connectivity index is 1.60. The van der Waals surface area contributed by atoms with Crippen molar-refractivity contribution in [2.24, 2.45) is 0 Å². The zero-order valence-electron chi connectivity index (χ0n) is 16.6. The van der Waals surface area contributed by atoms with Crippen molar-refractivity contribution in [3.8, 4) is 0 Å². The fraction of sp³-hybridized carbons (Fsp3) is 0.304. The molecule has 0 bridgehead atoms. The van der Waals surface area contributed by atoms with E-state index in [0.717, 1.165) is 11.1 Å². The van der Waals surface area contributed by atoms with E-state index in [2.05, 4.69) is 10.3 Å². The maximum atomic E-state index is 12.3. The van der Waals surface area contributed by atoms with Gasteiger partial charge in [0, 0.05) is 0 Å². The van der Waals surface area contributed by atoms with Gasteiger partial charge in [-0.2, -0.15) is 0 Å². The highest BCUT2D eigenvalue weighted by Gasteiger charge is 2.28. The third kappa shape index (κ3) is 6.72. The normalized spacial score (nSPS) is 13.9. The highest BCUT2D eigenvalue weighted by atomic mass is 16.6. The molecule has 3 unspecified atom stereocenters. The van der Waals surface area contributed by atoms with Gasteiger partial charge in [-0.15, -0.1) is 0 Å². The summed E-state index contributed by atoms with van der Waals surface area (Å²) in [5.41, 5.74) is 2.00. The predicted molar refractivity (Wildman–Crippen MR) is 111 cm³/mol. The second-order valence-electron chi connectivity index (χ2n) is 7.07. The van der Waals surface area contributed by atoms with Gasteiger partial charge in [-0.3, -0.25) is 0 Å². The maximum Gasteiger partial charge on any atom is 0.407 e. The molecule has 7 heteroatoms. The molecular weight excluding hydrogens is 384 g/mol. The molecule has 7 nitrogen and oxygen atoms in total. The number of amides is 1. The summed E-state index contributed by atoms with van der Waals surface area (Å²) in [7, 11) is 0. The summed E-state index contributed by atoms with van der Waals surface area (Å²) in [5, 5.41) is 24.0. The van der Waals surface area contributed by atoms with Crippen molar-refractivity contribution in [3.05, 3.63) is 90.1 Å². The van der Waals surface area contributed by atoms with Crippen LogP contribution in [0.3, 0.4) is 0 Å². The molecule has 0 aliphatic rings. The second-order valence-corrected chi connectivity index (χ2v) is 7.07. The van der Waals surface area contributed by atoms with E-state index in [4.69, 9.17) is 9.15 Å². The minimum atomic E-state index is -1.16. The number of aliphatic hydroxyl groups excluding tert-OH is 2. The summed E-state index contributed by atoms with van der Waals surface area (Å²) in [6.45, 7) is -0.0729. The molecular formula is C23H26N2O5. The lowest BCUT2D eigenvalue weighted by Gasteiger charge is -2.27. The highest BCUT2D eigenvalue weighted by Crippen LogP contribution is 2.14. The zero-order valence-corrected chi connectivity index (χ0v) is 16.6. The summed E-state index contributed by atoms with van der Waals surface area (Å²) >= 11 is 0. The SMILES string of the molecule is O=C(NC(Cc1ccccc1)C(O)C(O)CCc1ccccc1)OCc1cnco1. The summed E-state index contributed by atoms with van der Waals surface area (Å²) in [5.74, 6) is 0.410. The van der Waals surface area contributed by atoms with E-state index in [0.29, 0.717) is 25.0 Å². The van der Waals surface area contributed by atoms with Crippen LogP contribution in [0.5, 0.6) is 0 Å². The molecule has 1 heterocycles. The van der Waals surface area contributed by atoms with E-state index >= 15 is 0 Å². The van der Waals surface area contributed by atoms with Crippen LogP contribution < -0.4 is 5.32 Å². The Morgan fingerprint density at radius 1 is 1.03 bits per heavy atom. The molecule has 30 heavy (non-hydrogen) atoms. The molecule has 3 N–H and O–H groups in total. The molecule has 0 saturated heterocycles. The lowest BCUT2D eigenvalue weighted by molar-refractivity contribution is -0.00832. The van der Waals surface area contributed by atoms with Crippen molar-refractivity contribution in [1.82, 2.24) is 10.3 Å². The van der Waals surface area contributed by atoms with Gasteiger partial charge in [0.25, 0.3) is 0 Å². The summed E-state index contributed by atoms with van der Waals surface area (Å²) in [6, 6.07) is 18.5. The van der Waals surface area contributed by atoms with Crippen molar-refractivity contribution >= 4 is 6.09 Å². The standard InChI is InChI=1S/C23H26N2O5/c26-21(12-11-17-7-3-1-4-8-17)22(27)20(13-18-9-5-2-6-10-18)25-23(28)29-15-19-14-24-16-30-19/h1-10,14,16,20-22,26-27H,11-13,15H2,(H,25,28). The van der Waals surface area contributed by atoms with Crippen LogP contribution in [-0.4, -0.2) is 39.5 Å². The number of nitrogens with one attached hydrogen (secondary N) is 1. The Kier molecular flexibility index (Phi) is 8.00. The summed E-state index contributed by atoms with van der Waals surface area (Å²) < 4.78 is 10.2. The lowest BCUT2D eigenvalue weighted by Crippen LogP contribution is -2.50. The molecule has 2 aromatic carbocycles. The molecule has 3 rings (SSSR count). The predicted octanol–water partition coefficient (Wildman–Crippen LogP) is 2.87. The quantitative estimate of drug-likeness (QED) is 0.475. The van der Waals surface area contributed by atoms with E-state index in [1.54, 1.807) is 0 Å². The van der Waals surface area contributed by atoms with Gasteiger partial charge in [-0.1, -0.05) is 60.7 Å². The monoisotopic (exact) mass is 410 g/mol. The first-order chi connectivity index (χ1) is 14.6. The van der Waals surface area contributed by atoms with E-state index < -0.39 is 24.3 Å². The second kappa shape index (κ2) is 11.1. The molecule has 1 amide bonds. The molecule has 1 aromatic heterocycles. The third-order valence-corrected chi connectivity index (χ3v) is 4.81. The molecule has 158 valence electrons. The number of carbonyl (C=O) groups is 1.